The normalized spacial score (nSPS) is 18.0. The van der Waals surface area contributed by atoms with E-state index in [0.29, 0.717) is 17.9 Å². The molecule has 1 heterocycles. The molecule has 1 N–H and O–H groups in total. The van der Waals surface area contributed by atoms with Gasteiger partial charge in [-0.05, 0) is 54.8 Å². The van der Waals surface area contributed by atoms with Gasteiger partial charge in [0.2, 0.25) is 15.9 Å². The molecule has 1 saturated heterocycles. The Kier molecular flexibility index (Phi) is 6.21. The summed E-state index contributed by atoms with van der Waals surface area (Å²) >= 11 is 5.80. The Morgan fingerprint density at radius 2 is 1.86 bits per heavy atom. The first-order chi connectivity index (χ1) is 13.6. The number of rotatable bonds is 5. The molecule has 2 aromatic rings. The molecule has 0 saturated carbocycles. The lowest BCUT2D eigenvalue weighted by molar-refractivity contribution is -0.137. The smallest absolute Gasteiger partial charge is 0.351 e. The highest BCUT2D eigenvalue weighted by atomic mass is 35.5. The van der Waals surface area contributed by atoms with Gasteiger partial charge in [0, 0.05) is 18.1 Å². The van der Waals surface area contributed by atoms with Crippen LogP contribution in [0.3, 0.4) is 0 Å². The van der Waals surface area contributed by atoms with Crippen molar-refractivity contribution in [2.24, 2.45) is 0 Å². The van der Waals surface area contributed by atoms with Gasteiger partial charge in [-0.2, -0.15) is 17.5 Å². The minimum absolute atomic E-state index is 0.0273. The lowest BCUT2D eigenvalue weighted by Gasteiger charge is -2.23. The SMILES string of the molecule is O=C(NCc1cccc(C(F)(F)F)c1)[C@H]1CCCN1S(=O)(=O)c1ccc(Cl)cc1. The fourth-order valence-electron chi connectivity index (χ4n) is 3.20. The number of benzene rings is 2. The van der Waals surface area contributed by atoms with E-state index < -0.39 is 33.7 Å². The van der Waals surface area contributed by atoms with Crippen molar-refractivity contribution in [2.75, 3.05) is 6.54 Å². The summed E-state index contributed by atoms with van der Waals surface area (Å²) in [6.07, 6.45) is -3.63. The maximum absolute atomic E-state index is 12.9. The first-order valence-corrected chi connectivity index (χ1v) is 10.6. The lowest BCUT2D eigenvalue weighted by Crippen LogP contribution is -2.45. The number of halogens is 4. The monoisotopic (exact) mass is 446 g/mol. The van der Waals surface area contributed by atoms with E-state index in [1.807, 2.05) is 0 Å². The van der Waals surface area contributed by atoms with E-state index in [4.69, 9.17) is 11.6 Å². The highest BCUT2D eigenvalue weighted by molar-refractivity contribution is 7.89. The number of nitrogens with one attached hydrogen (secondary N) is 1. The molecule has 0 aromatic heterocycles. The van der Waals surface area contributed by atoms with Crippen molar-refractivity contribution in [3.63, 3.8) is 0 Å². The second-order valence-corrected chi connectivity index (χ2v) is 8.97. The third kappa shape index (κ3) is 4.91. The van der Waals surface area contributed by atoms with Gasteiger partial charge in [0.25, 0.3) is 0 Å². The molecule has 1 aliphatic heterocycles. The quantitative estimate of drug-likeness (QED) is 0.759. The number of alkyl halides is 3. The van der Waals surface area contributed by atoms with Crippen molar-refractivity contribution < 1.29 is 26.4 Å². The van der Waals surface area contributed by atoms with Crippen molar-refractivity contribution in [1.29, 1.82) is 0 Å². The highest BCUT2D eigenvalue weighted by Crippen LogP contribution is 2.30. The molecule has 1 aliphatic rings. The van der Waals surface area contributed by atoms with Gasteiger partial charge in [-0.15, -0.1) is 0 Å². The minimum atomic E-state index is -4.48. The van der Waals surface area contributed by atoms with Crippen LogP contribution in [0.5, 0.6) is 0 Å². The fourth-order valence-corrected chi connectivity index (χ4v) is 4.98. The number of hydrogen-bond donors (Lipinski definition) is 1. The van der Waals surface area contributed by atoms with Crippen LogP contribution in [0.25, 0.3) is 0 Å². The van der Waals surface area contributed by atoms with Gasteiger partial charge in [-0.3, -0.25) is 4.79 Å². The zero-order chi connectivity index (χ0) is 21.2. The van der Waals surface area contributed by atoms with Crippen molar-refractivity contribution in [3.05, 3.63) is 64.7 Å². The molecule has 10 heteroatoms. The van der Waals surface area contributed by atoms with Crippen LogP contribution in [0, 0.1) is 0 Å². The summed E-state index contributed by atoms with van der Waals surface area (Å²) in [5.41, 5.74) is -0.532. The number of carbonyl (C=O) groups excluding carboxylic acids is 1. The van der Waals surface area contributed by atoms with Crippen molar-refractivity contribution in [1.82, 2.24) is 9.62 Å². The van der Waals surface area contributed by atoms with Gasteiger partial charge in [-0.25, -0.2) is 8.42 Å². The number of nitrogens with zero attached hydrogens (tertiary/aromatic N) is 1. The van der Waals surface area contributed by atoms with Gasteiger partial charge >= 0.3 is 6.18 Å². The summed E-state index contributed by atoms with van der Waals surface area (Å²) in [6.45, 7) is 0.0562. The lowest BCUT2D eigenvalue weighted by atomic mass is 10.1. The summed E-state index contributed by atoms with van der Waals surface area (Å²) in [5.74, 6) is -0.544. The molecule has 2 aromatic carbocycles. The summed E-state index contributed by atoms with van der Waals surface area (Å²) in [6, 6.07) is 9.35. The molecule has 29 heavy (non-hydrogen) atoms. The molecular formula is C19H18ClF3N2O3S. The van der Waals surface area contributed by atoms with Gasteiger partial charge in [-0.1, -0.05) is 23.7 Å². The van der Waals surface area contributed by atoms with Gasteiger partial charge in [0.05, 0.1) is 10.5 Å². The molecular weight excluding hydrogens is 429 g/mol. The third-order valence-corrected chi connectivity index (χ3v) is 6.82. The summed E-state index contributed by atoms with van der Waals surface area (Å²) in [4.78, 5) is 12.6. The Hall–Kier alpha value is -2.10. The van der Waals surface area contributed by atoms with Crippen LogP contribution in [0.2, 0.25) is 5.02 Å². The molecule has 0 bridgehead atoms. The van der Waals surface area contributed by atoms with Crippen molar-refractivity contribution >= 4 is 27.5 Å². The average molecular weight is 447 g/mol. The predicted octanol–water partition coefficient (Wildman–Crippen LogP) is 3.83. The number of carbonyl (C=O) groups is 1. The molecule has 5 nitrogen and oxygen atoms in total. The largest absolute Gasteiger partial charge is 0.416 e. The summed E-state index contributed by atoms with van der Waals surface area (Å²) < 4.78 is 65.3. The third-order valence-electron chi connectivity index (χ3n) is 4.65. The van der Waals surface area contributed by atoms with Gasteiger partial charge in [0.1, 0.15) is 6.04 Å². The Labute approximate surface area is 171 Å². The topological polar surface area (TPSA) is 66.5 Å². The van der Waals surface area contributed by atoms with E-state index in [0.717, 1.165) is 16.4 Å². The van der Waals surface area contributed by atoms with E-state index >= 15 is 0 Å². The van der Waals surface area contributed by atoms with Gasteiger partial charge < -0.3 is 5.32 Å². The van der Waals surface area contributed by atoms with E-state index in [1.165, 1.54) is 36.4 Å². The molecule has 156 valence electrons. The molecule has 0 spiro atoms. The van der Waals surface area contributed by atoms with Crippen LogP contribution >= 0.6 is 11.6 Å². The zero-order valence-electron chi connectivity index (χ0n) is 15.1. The maximum atomic E-state index is 12.9. The Balaban J connectivity index is 1.71. The molecule has 1 fully saturated rings. The first kappa shape index (κ1) is 21.6. The summed E-state index contributed by atoms with van der Waals surface area (Å²) in [7, 11) is -3.89. The van der Waals surface area contributed by atoms with E-state index in [2.05, 4.69) is 5.32 Å². The first-order valence-electron chi connectivity index (χ1n) is 8.80. The second kappa shape index (κ2) is 8.33. The van der Waals surface area contributed by atoms with Crippen LogP contribution < -0.4 is 5.32 Å². The van der Waals surface area contributed by atoms with Crippen LogP contribution in [-0.2, 0) is 27.5 Å². The van der Waals surface area contributed by atoms with E-state index in [9.17, 15) is 26.4 Å². The number of sulfonamides is 1. The standard InChI is InChI=1S/C19H18ClF3N2O3S/c20-15-6-8-16(9-7-15)29(27,28)25-10-2-5-17(25)18(26)24-12-13-3-1-4-14(11-13)19(21,22)23/h1,3-4,6-9,11,17H,2,5,10,12H2,(H,24,26)/t17-/m1/s1. The fraction of sp³-hybridized carbons (Fsp3) is 0.316. The van der Waals surface area contributed by atoms with Crippen molar-refractivity contribution in [3.8, 4) is 0 Å². The van der Waals surface area contributed by atoms with Crippen molar-refractivity contribution in [2.45, 2.75) is 36.5 Å². The Bertz CT molecular complexity index is 995. The molecule has 0 aliphatic carbocycles. The highest BCUT2D eigenvalue weighted by Gasteiger charge is 2.39. The number of amides is 1. The van der Waals surface area contributed by atoms with E-state index in [-0.39, 0.29) is 23.5 Å². The van der Waals surface area contributed by atoms with Crippen LogP contribution in [0.4, 0.5) is 13.2 Å². The maximum Gasteiger partial charge on any atom is 0.416 e. The van der Waals surface area contributed by atoms with Gasteiger partial charge in [0.15, 0.2) is 0 Å². The molecule has 1 atom stereocenters. The number of hydrogen-bond acceptors (Lipinski definition) is 3. The molecule has 0 radical (unpaired) electrons. The summed E-state index contributed by atoms with van der Waals surface area (Å²) in [5, 5.41) is 2.94. The van der Waals surface area contributed by atoms with Crippen LogP contribution in [-0.4, -0.2) is 31.2 Å². The predicted molar refractivity (Wildman–Crippen MR) is 102 cm³/mol. The van der Waals surface area contributed by atoms with E-state index in [1.54, 1.807) is 0 Å². The molecule has 0 unspecified atom stereocenters. The minimum Gasteiger partial charge on any atom is -0.351 e. The molecule has 1 amide bonds. The van der Waals surface area contributed by atoms with Crippen LogP contribution in [0.1, 0.15) is 24.0 Å². The average Bonchev–Trinajstić information content (AvgIpc) is 3.17. The second-order valence-electron chi connectivity index (χ2n) is 6.64. The Morgan fingerprint density at radius 1 is 1.17 bits per heavy atom. The molecule has 3 rings (SSSR count). The Morgan fingerprint density at radius 3 is 2.52 bits per heavy atom. The van der Waals surface area contributed by atoms with Crippen LogP contribution in [0.15, 0.2) is 53.4 Å². The zero-order valence-corrected chi connectivity index (χ0v) is 16.7.